The summed E-state index contributed by atoms with van der Waals surface area (Å²) in [5.74, 6) is -0.0830. The Morgan fingerprint density at radius 1 is 1.25 bits per heavy atom. The molecule has 0 aliphatic carbocycles. The minimum atomic E-state index is -0.409. The van der Waals surface area contributed by atoms with Crippen LogP contribution in [0, 0.1) is 0 Å². The standard InChI is InChI=1S/C21H25N3O4/c1-14(2)28-19-8-4-3-7-17(19)24-21(26)18-12-15(9-10-22-18)20(25)23-13-16-6-5-11-27-16/h3-4,7-10,12,14,16H,5-6,11,13H2,1-2H3,(H,23,25)(H,24,26). The molecule has 0 saturated carbocycles. The summed E-state index contributed by atoms with van der Waals surface area (Å²) in [6.07, 6.45) is 3.45. The Hall–Kier alpha value is -2.93. The molecule has 2 amide bonds. The molecule has 1 aliphatic rings. The number of ether oxygens (including phenoxy) is 2. The lowest BCUT2D eigenvalue weighted by Crippen LogP contribution is -2.32. The van der Waals surface area contributed by atoms with E-state index in [4.69, 9.17) is 9.47 Å². The maximum Gasteiger partial charge on any atom is 0.274 e. The van der Waals surface area contributed by atoms with Gasteiger partial charge in [-0.05, 0) is 51.0 Å². The van der Waals surface area contributed by atoms with Crippen molar-refractivity contribution in [3.63, 3.8) is 0 Å². The van der Waals surface area contributed by atoms with Crippen molar-refractivity contribution >= 4 is 17.5 Å². The number of anilines is 1. The highest BCUT2D eigenvalue weighted by Crippen LogP contribution is 2.25. The van der Waals surface area contributed by atoms with Crippen LogP contribution in [0.1, 0.15) is 47.5 Å². The van der Waals surface area contributed by atoms with E-state index >= 15 is 0 Å². The van der Waals surface area contributed by atoms with Gasteiger partial charge in [-0.25, -0.2) is 0 Å². The number of aromatic nitrogens is 1. The van der Waals surface area contributed by atoms with Crippen LogP contribution in [0.15, 0.2) is 42.6 Å². The second-order valence-corrected chi connectivity index (χ2v) is 6.89. The van der Waals surface area contributed by atoms with E-state index in [1.807, 2.05) is 26.0 Å². The summed E-state index contributed by atoms with van der Waals surface area (Å²) >= 11 is 0. The van der Waals surface area contributed by atoms with Gasteiger partial charge < -0.3 is 20.1 Å². The third kappa shape index (κ3) is 5.29. The number of carbonyl (C=O) groups is 2. The second-order valence-electron chi connectivity index (χ2n) is 6.89. The van der Waals surface area contributed by atoms with Crippen LogP contribution in [0.25, 0.3) is 0 Å². The van der Waals surface area contributed by atoms with Gasteiger partial charge in [0.1, 0.15) is 11.4 Å². The van der Waals surface area contributed by atoms with E-state index in [-0.39, 0.29) is 23.8 Å². The van der Waals surface area contributed by atoms with Crippen molar-refractivity contribution in [2.45, 2.75) is 38.9 Å². The summed E-state index contributed by atoms with van der Waals surface area (Å²) in [6, 6.07) is 10.3. The van der Waals surface area contributed by atoms with Crippen LogP contribution in [0.2, 0.25) is 0 Å². The van der Waals surface area contributed by atoms with Crippen LogP contribution in [0.5, 0.6) is 5.75 Å². The number of pyridine rings is 1. The molecular formula is C21H25N3O4. The SMILES string of the molecule is CC(C)Oc1ccccc1NC(=O)c1cc(C(=O)NCC2CCCO2)ccn1. The normalized spacial score (nSPS) is 16.0. The van der Waals surface area contributed by atoms with Crippen LogP contribution < -0.4 is 15.4 Å². The Bertz CT molecular complexity index is 832. The van der Waals surface area contributed by atoms with Crippen molar-refractivity contribution in [1.82, 2.24) is 10.3 Å². The number of nitrogens with zero attached hydrogens (tertiary/aromatic N) is 1. The third-order valence-electron chi connectivity index (χ3n) is 4.27. The number of carbonyl (C=O) groups excluding carboxylic acids is 2. The van der Waals surface area contributed by atoms with E-state index in [1.165, 1.54) is 12.3 Å². The van der Waals surface area contributed by atoms with Gasteiger partial charge in [0.25, 0.3) is 11.8 Å². The molecule has 1 saturated heterocycles. The summed E-state index contributed by atoms with van der Waals surface area (Å²) < 4.78 is 11.2. The molecule has 1 aliphatic heterocycles. The van der Waals surface area contributed by atoms with Gasteiger partial charge in [-0.2, -0.15) is 0 Å². The first-order chi connectivity index (χ1) is 13.5. The maximum absolute atomic E-state index is 12.6. The summed E-state index contributed by atoms with van der Waals surface area (Å²) in [4.78, 5) is 29.1. The van der Waals surface area contributed by atoms with Crippen LogP contribution in [0.4, 0.5) is 5.69 Å². The Morgan fingerprint density at radius 3 is 2.82 bits per heavy atom. The van der Waals surface area contributed by atoms with Crippen molar-refractivity contribution < 1.29 is 19.1 Å². The highest BCUT2D eigenvalue weighted by Gasteiger charge is 2.18. The van der Waals surface area contributed by atoms with E-state index in [1.54, 1.807) is 18.2 Å². The fraction of sp³-hybridized carbons (Fsp3) is 0.381. The molecule has 1 aromatic heterocycles. The summed E-state index contributed by atoms with van der Waals surface area (Å²) in [7, 11) is 0. The predicted octanol–water partition coefficient (Wildman–Crippen LogP) is 3.03. The summed E-state index contributed by atoms with van der Waals surface area (Å²) in [6.45, 7) is 5.03. The van der Waals surface area contributed by atoms with Gasteiger partial charge in [-0.1, -0.05) is 12.1 Å². The largest absolute Gasteiger partial charge is 0.489 e. The molecule has 2 heterocycles. The molecule has 0 bridgehead atoms. The van der Waals surface area contributed by atoms with Gasteiger partial charge in [0, 0.05) is 24.9 Å². The van der Waals surface area contributed by atoms with Crippen LogP contribution in [0.3, 0.4) is 0 Å². The monoisotopic (exact) mass is 383 g/mol. The molecule has 7 nitrogen and oxygen atoms in total. The zero-order valence-electron chi connectivity index (χ0n) is 16.1. The van der Waals surface area contributed by atoms with E-state index < -0.39 is 5.91 Å². The van der Waals surface area contributed by atoms with Crippen LogP contribution >= 0.6 is 0 Å². The molecule has 148 valence electrons. The Morgan fingerprint density at radius 2 is 2.07 bits per heavy atom. The van der Waals surface area contributed by atoms with Crippen molar-refractivity contribution in [2.24, 2.45) is 0 Å². The summed E-state index contributed by atoms with van der Waals surface area (Å²) in [5, 5.41) is 5.64. The molecule has 28 heavy (non-hydrogen) atoms. The first-order valence-electron chi connectivity index (χ1n) is 9.46. The first-order valence-corrected chi connectivity index (χ1v) is 9.46. The lowest BCUT2D eigenvalue weighted by atomic mass is 10.2. The molecule has 0 spiro atoms. The third-order valence-corrected chi connectivity index (χ3v) is 4.27. The molecule has 3 rings (SSSR count). The van der Waals surface area contributed by atoms with Gasteiger partial charge in [-0.15, -0.1) is 0 Å². The average molecular weight is 383 g/mol. The fourth-order valence-electron chi connectivity index (χ4n) is 2.92. The number of hydrogen-bond acceptors (Lipinski definition) is 5. The number of para-hydroxylation sites is 2. The fourth-order valence-corrected chi connectivity index (χ4v) is 2.92. The van der Waals surface area contributed by atoms with E-state index in [9.17, 15) is 9.59 Å². The average Bonchev–Trinajstić information content (AvgIpc) is 3.21. The Balaban J connectivity index is 1.66. The number of nitrogens with one attached hydrogen (secondary N) is 2. The lowest BCUT2D eigenvalue weighted by molar-refractivity contribution is 0.0857. The molecular weight excluding hydrogens is 358 g/mol. The number of rotatable bonds is 7. The maximum atomic E-state index is 12.6. The number of hydrogen-bond donors (Lipinski definition) is 2. The molecule has 1 unspecified atom stereocenters. The number of amides is 2. The van der Waals surface area contributed by atoms with Crippen LogP contribution in [-0.2, 0) is 4.74 Å². The van der Waals surface area contributed by atoms with Gasteiger partial charge >= 0.3 is 0 Å². The highest BCUT2D eigenvalue weighted by molar-refractivity contribution is 6.05. The van der Waals surface area contributed by atoms with Gasteiger partial charge in [0.2, 0.25) is 0 Å². The topological polar surface area (TPSA) is 89.5 Å². The Labute approximate surface area is 164 Å². The van der Waals surface area contributed by atoms with Gasteiger partial charge in [0.15, 0.2) is 0 Å². The smallest absolute Gasteiger partial charge is 0.274 e. The van der Waals surface area contributed by atoms with Crippen LogP contribution in [-0.4, -0.2) is 42.2 Å². The Kier molecular flexibility index (Phi) is 6.60. The molecule has 1 fully saturated rings. The van der Waals surface area contributed by atoms with Crippen molar-refractivity contribution in [2.75, 3.05) is 18.5 Å². The minimum absolute atomic E-state index is 0.0213. The predicted molar refractivity (Wildman–Crippen MR) is 106 cm³/mol. The van der Waals surface area contributed by atoms with E-state index in [0.717, 1.165) is 19.4 Å². The van der Waals surface area contributed by atoms with E-state index in [2.05, 4.69) is 15.6 Å². The minimum Gasteiger partial charge on any atom is -0.489 e. The van der Waals surface area contributed by atoms with E-state index in [0.29, 0.717) is 23.5 Å². The first kappa shape index (κ1) is 19.8. The number of benzene rings is 1. The zero-order chi connectivity index (χ0) is 19.9. The molecule has 0 radical (unpaired) electrons. The zero-order valence-corrected chi connectivity index (χ0v) is 16.1. The van der Waals surface area contributed by atoms with Crippen molar-refractivity contribution in [3.8, 4) is 5.75 Å². The second kappa shape index (κ2) is 9.32. The van der Waals surface area contributed by atoms with Gasteiger partial charge in [-0.3, -0.25) is 14.6 Å². The quantitative estimate of drug-likeness (QED) is 0.767. The molecule has 2 aromatic rings. The van der Waals surface area contributed by atoms with Gasteiger partial charge in [0.05, 0.1) is 17.9 Å². The molecule has 2 N–H and O–H groups in total. The summed E-state index contributed by atoms with van der Waals surface area (Å²) in [5.41, 5.74) is 1.09. The molecule has 1 aromatic carbocycles. The highest BCUT2D eigenvalue weighted by atomic mass is 16.5. The molecule has 1 atom stereocenters. The lowest BCUT2D eigenvalue weighted by Gasteiger charge is -2.15. The molecule has 7 heteroatoms. The van der Waals surface area contributed by atoms with Crippen molar-refractivity contribution in [3.05, 3.63) is 53.9 Å². The van der Waals surface area contributed by atoms with Crippen molar-refractivity contribution in [1.29, 1.82) is 0 Å².